The van der Waals surface area contributed by atoms with E-state index < -0.39 is 0 Å². The molecule has 2 N–H and O–H groups in total. The van der Waals surface area contributed by atoms with Gasteiger partial charge in [0.15, 0.2) is 0 Å². The summed E-state index contributed by atoms with van der Waals surface area (Å²) in [5.41, 5.74) is 5.47. The van der Waals surface area contributed by atoms with E-state index in [1.54, 1.807) is 11.8 Å². The molecule has 1 fully saturated rings. The molecule has 6 heteroatoms. The van der Waals surface area contributed by atoms with Crippen LogP contribution < -0.4 is 5.73 Å². The second-order valence-electron chi connectivity index (χ2n) is 4.54. The van der Waals surface area contributed by atoms with Crippen LogP contribution >= 0.6 is 11.8 Å². The second kappa shape index (κ2) is 6.96. The zero-order chi connectivity index (χ0) is 11.9. The summed E-state index contributed by atoms with van der Waals surface area (Å²) in [6.07, 6.45) is 8.59. The van der Waals surface area contributed by atoms with Gasteiger partial charge in [-0.15, -0.1) is 5.10 Å². The molecule has 0 amide bonds. The maximum Gasteiger partial charge on any atom is 0.209 e. The topological polar surface area (TPSA) is 69.6 Å². The SMILES string of the molecule is NCCCCCSc1nnnn1C1CCCC1. The predicted molar refractivity (Wildman–Crippen MR) is 69.0 cm³/mol. The Labute approximate surface area is 107 Å². The number of hydrogen-bond donors (Lipinski definition) is 1. The summed E-state index contributed by atoms with van der Waals surface area (Å²) < 4.78 is 2.03. The summed E-state index contributed by atoms with van der Waals surface area (Å²) in [5, 5.41) is 13.0. The van der Waals surface area contributed by atoms with E-state index in [0.717, 1.165) is 23.9 Å². The van der Waals surface area contributed by atoms with Gasteiger partial charge in [-0.3, -0.25) is 0 Å². The highest BCUT2D eigenvalue weighted by molar-refractivity contribution is 7.99. The number of nitrogens with zero attached hydrogens (tertiary/aromatic N) is 4. The summed E-state index contributed by atoms with van der Waals surface area (Å²) in [6.45, 7) is 0.796. The minimum atomic E-state index is 0.538. The van der Waals surface area contributed by atoms with E-state index in [4.69, 9.17) is 5.73 Å². The number of hydrogen-bond acceptors (Lipinski definition) is 5. The number of nitrogens with two attached hydrogens (primary N) is 1. The fraction of sp³-hybridized carbons (Fsp3) is 0.909. The van der Waals surface area contributed by atoms with Gasteiger partial charge in [-0.2, -0.15) is 0 Å². The first-order valence-electron chi connectivity index (χ1n) is 6.52. The lowest BCUT2D eigenvalue weighted by Crippen LogP contribution is -2.08. The van der Waals surface area contributed by atoms with Crippen molar-refractivity contribution in [1.29, 1.82) is 0 Å². The number of rotatable bonds is 7. The van der Waals surface area contributed by atoms with Crippen LogP contribution in [0.25, 0.3) is 0 Å². The summed E-state index contributed by atoms with van der Waals surface area (Å²) in [7, 11) is 0. The van der Waals surface area contributed by atoms with Crippen LogP contribution in [0.2, 0.25) is 0 Å². The molecule has 2 rings (SSSR count). The van der Waals surface area contributed by atoms with Gasteiger partial charge in [-0.25, -0.2) is 4.68 Å². The van der Waals surface area contributed by atoms with Crippen molar-refractivity contribution in [1.82, 2.24) is 20.2 Å². The van der Waals surface area contributed by atoms with Gasteiger partial charge in [-0.05, 0) is 42.7 Å². The Morgan fingerprint density at radius 1 is 1.24 bits per heavy atom. The zero-order valence-corrected chi connectivity index (χ0v) is 11.0. The van der Waals surface area contributed by atoms with E-state index in [9.17, 15) is 0 Å². The molecule has 0 bridgehead atoms. The average Bonchev–Trinajstić information content (AvgIpc) is 2.98. The van der Waals surface area contributed by atoms with Crippen molar-refractivity contribution in [2.45, 2.75) is 56.1 Å². The van der Waals surface area contributed by atoms with Crippen molar-refractivity contribution in [3.05, 3.63) is 0 Å². The fourth-order valence-electron chi connectivity index (χ4n) is 2.25. The average molecular weight is 255 g/mol. The van der Waals surface area contributed by atoms with E-state index in [1.807, 2.05) is 4.68 Å². The molecule has 0 aromatic carbocycles. The fourth-order valence-corrected chi connectivity index (χ4v) is 3.19. The van der Waals surface area contributed by atoms with Crippen LogP contribution in [-0.4, -0.2) is 32.5 Å². The van der Waals surface area contributed by atoms with Crippen LogP contribution in [0.5, 0.6) is 0 Å². The molecule has 0 saturated heterocycles. The molecule has 1 aliphatic carbocycles. The standard InChI is InChI=1S/C11H21N5S/c12-8-4-1-5-9-17-11-13-14-15-16(11)10-6-2-3-7-10/h10H,1-9,12H2. The lowest BCUT2D eigenvalue weighted by Gasteiger charge is -2.10. The number of unbranched alkanes of at least 4 members (excludes halogenated alkanes) is 2. The zero-order valence-electron chi connectivity index (χ0n) is 10.2. The summed E-state index contributed by atoms with van der Waals surface area (Å²) in [4.78, 5) is 0. The van der Waals surface area contributed by atoms with Gasteiger partial charge in [0.1, 0.15) is 0 Å². The second-order valence-corrected chi connectivity index (χ2v) is 5.60. The molecular weight excluding hydrogens is 234 g/mol. The first kappa shape index (κ1) is 12.8. The van der Waals surface area contributed by atoms with Gasteiger partial charge in [0.05, 0.1) is 6.04 Å². The Morgan fingerprint density at radius 3 is 2.82 bits per heavy atom. The smallest absolute Gasteiger partial charge is 0.209 e. The Hall–Kier alpha value is -0.620. The van der Waals surface area contributed by atoms with Crippen molar-refractivity contribution >= 4 is 11.8 Å². The van der Waals surface area contributed by atoms with E-state index in [2.05, 4.69) is 15.5 Å². The van der Waals surface area contributed by atoms with Gasteiger partial charge in [-0.1, -0.05) is 31.0 Å². The molecule has 0 spiro atoms. The normalized spacial score (nSPS) is 16.8. The molecule has 17 heavy (non-hydrogen) atoms. The molecular formula is C11H21N5S. The van der Waals surface area contributed by atoms with Crippen molar-refractivity contribution < 1.29 is 0 Å². The first-order valence-corrected chi connectivity index (χ1v) is 7.51. The van der Waals surface area contributed by atoms with Gasteiger partial charge in [0.25, 0.3) is 0 Å². The molecule has 1 aromatic heterocycles. The molecule has 0 aliphatic heterocycles. The first-order chi connectivity index (χ1) is 8.42. The Bertz CT molecular complexity index is 321. The molecule has 5 nitrogen and oxygen atoms in total. The van der Waals surface area contributed by atoms with Crippen LogP contribution in [-0.2, 0) is 0 Å². The molecule has 0 unspecified atom stereocenters. The predicted octanol–water partition coefficient (Wildman–Crippen LogP) is 2.01. The molecule has 1 aliphatic rings. The molecule has 1 heterocycles. The number of aromatic nitrogens is 4. The minimum Gasteiger partial charge on any atom is -0.330 e. The number of thioether (sulfide) groups is 1. The third-order valence-electron chi connectivity index (χ3n) is 3.21. The Balaban J connectivity index is 1.78. The van der Waals surface area contributed by atoms with Crippen molar-refractivity contribution in [3.63, 3.8) is 0 Å². The monoisotopic (exact) mass is 255 g/mol. The third-order valence-corrected chi connectivity index (χ3v) is 4.23. The lowest BCUT2D eigenvalue weighted by molar-refractivity contribution is 0.423. The highest BCUT2D eigenvalue weighted by Gasteiger charge is 2.21. The molecule has 0 radical (unpaired) electrons. The van der Waals surface area contributed by atoms with Crippen molar-refractivity contribution in [3.8, 4) is 0 Å². The summed E-state index contributed by atoms with van der Waals surface area (Å²) in [6, 6.07) is 0.538. The largest absolute Gasteiger partial charge is 0.330 e. The van der Waals surface area contributed by atoms with Crippen LogP contribution in [0.4, 0.5) is 0 Å². The van der Waals surface area contributed by atoms with Gasteiger partial charge in [0.2, 0.25) is 5.16 Å². The molecule has 0 atom stereocenters. The lowest BCUT2D eigenvalue weighted by atomic mass is 10.2. The van der Waals surface area contributed by atoms with Crippen molar-refractivity contribution in [2.24, 2.45) is 5.73 Å². The highest BCUT2D eigenvalue weighted by Crippen LogP contribution is 2.31. The third kappa shape index (κ3) is 3.67. The summed E-state index contributed by atoms with van der Waals surface area (Å²) in [5.74, 6) is 1.09. The maximum absolute atomic E-state index is 5.47. The minimum absolute atomic E-state index is 0.538. The van der Waals surface area contributed by atoms with E-state index in [1.165, 1.54) is 38.5 Å². The maximum atomic E-state index is 5.47. The molecule has 96 valence electrons. The van der Waals surface area contributed by atoms with E-state index in [-0.39, 0.29) is 0 Å². The Morgan fingerprint density at radius 2 is 2.06 bits per heavy atom. The molecule has 1 saturated carbocycles. The summed E-state index contributed by atoms with van der Waals surface area (Å²) >= 11 is 1.78. The number of tetrazole rings is 1. The van der Waals surface area contributed by atoms with Gasteiger partial charge >= 0.3 is 0 Å². The van der Waals surface area contributed by atoms with Crippen molar-refractivity contribution in [2.75, 3.05) is 12.3 Å². The van der Waals surface area contributed by atoms with E-state index >= 15 is 0 Å². The Kier molecular flexibility index (Phi) is 5.25. The van der Waals surface area contributed by atoms with Crippen LogP contribution in [0.1, 0.15) is 51.0 Å². The van der Waals surface area contributed by atoms with Crippen LogP contribution in [0.3, 0.4) is 0 Å². The quantitative estimate of drug-likeness (QED) is 0.596. The molecule has 1 aromatic rings. The van der Waals surface area contributed by atoms with Crippen LogP contribution in [0.15, 0.2) is 5.16 Å². The van der Waals surface area contributed by atoms with E-state index in [0.29, 0.717) is 6.04 Å². The van der Waals surface area contributed by atoms with Gasteiger partial charge in [0, 0.05) is 5.75 Å². The highest BCUT2D eigenvalue weighted by atomic mass is 32.2. The van der Waals surface area contributed by atoms with Crippen LogP contribution in [0, 0.1) is 0 Å². The van der Waals surface area contributed by atoms with Gasteiger partial charge < -0.3 is 5.73 Å².